The number of aliphatic hydroxyl groups excluding tert-OH is 1. The minimum absolute atomic E-state index is 0.122. The highest BCUT2D eigenvalue weighted by Gasteiger charge is 2.30. The van der Waals surface area contributed by atoms with Crippen LogP contribution in [0.15, 0.2) is 79.0 Å². The Kier molecular flexibility index (Phi) is 8.84. The molecule has 3 aromatic rings. The van der Waals surface area contributed by atoms with Crippen molar-refractivity contribution in [3.8, 4) is 5.88 Å². The maximum atomic E-state index is 13.6. The molecule has 0 spiro atoms. The van der Waals surface area contributed by atoms with Crippen LogP contribution in [0.3, 0.4) is 0 Å². The fourth-order valence-corrected chi connectivity index (χ4v) is 4.48. The van der Waals surface area contributed by atoms with Crippen LogP contribution < -0.4 is 4.74 Å². The van der Waals surface area contributed by atoms with Crippen molar-refractivity contribution in [2.75, 3.05) is 46.4 Å². The number of carbonyl (C=O) groups excluding carboxylic acids is 1. The molecule has 0 bridgehead atoms. The van der Waals surface area contributed by atoms with Gasteiger partial charge >= 0.3 is 0 Å². The zero-order chi connectivity index (χ0) is 24.5. The molecule has 1 aliphatic rings. The molecule has 7 nitrogen and oxygen atoms in total. The van der Waals surface area contributed by atoms with Gasteiger partial charge in [0.2, 0.25) is 11.8 Å². The molecule has 7 heteroatoms. The Hall–Kier alpha value is -3.26. The maximum absolute atomic E-state index is 13.6. The number of methoxy groups -OCH3 is 1. The Morgan fingerprint density at radius 2 is 1.57 bits per heavy atom. The third kappa shape index (κ3) is 6.66. The summed E-state index contributed by atoms with van der Waals surface area (Å²) in [5.41, 5.74) is 2.86. The summed E-state index contributed by atoms with van der Waals surface area (Å²) < 4.78 is 10.9. The van der Waals surface area contributed by atoms with Crippen LogP contribution in [-0.2, 0) is 16.1 Å². The summed E-state index contributed by atoms with van der Waals surface area (Å²) in [6.45, 7) is 3.76. The molecular formula is C28H33N3O4. The number of aliphatic hydroxyl groups is 1. The van der Waals surface area contributed by atoms with Crippen molar-refractivity contribution < 1.29 is 19.4 Å². The van der Waals surface area contributed by atoms with Gasteiger partial charge in [-0.15, -0.1) is 0 Å². The number of pyridine rings is 1. The van der Waals surface area contributed by atoms with Crippen molar-refractivity contribution in [3.05, 3.63) is 95.7 Å². The van der Waals surface area contributed by atoms with E-state index in [0.29, 0.717) is 32.1 Å². The van der Waals surface area contributed by atoms with Crippen molar-refractivity contribution in [1.82, 2.24) is 14.8 Å². The van der Waals surface area contributed by atoms with E-state index < -0.39 is 6.10 Å². The number of β-amino-alcohol motifs (C(OH)–C–C–N with tert-alkyl or cyclic N) is 1. The zero-order valence-corrected chi connectivity index (χ0v) is 20.1. The first-order chi connectivity index (χ1) is 17.2. The molecule has 35 heavy (non-hydrogen) atoms. The highest BCUT2D eigenvalue weighted by Crippen LogP contribution is 2.27. The number of ether oxygens (including phenoxy) is 2. The number of rotatable bonds is 10. The number of hydrogen-bond acceptors (Lipinski definition) is 6. The summed E-state index contributed by atoms with van der Waals surface area (Å²) in [5, 5.41) is 10.5. The van der Waals surface area contributed by atoms with Gasteiger partial charge in [-0.3, -0.25) is 9.69 Å². The predicted molar refractivity (Wildman–Crippen MR) is 134 cm³/mol. The number of carbonyl (C=O) groups is 1. The highest BCUT2D eigenvalue weighted by molar-refractivity contribution is 5.87. The number of nitrogens with zero attached hydrogens (tertiary/aromatic N) is 3. The molecule has 0 saturated carbocycles. The molecule has 0 aliphatic carbocycles. The number of hydrogen-bond donors (Lipinski definition) is 1. The fraction of sp³-hybridized carbons (Fsp3) is 0.357. The topological polar surface area (TPSA) is 75.1 Å². The molecule has 2 heterocycles. The van der Waals surface area contributed by atoms with Crippen molar-refractivity contribution in [3.63, 3.8) is 0 Å². The summed E-state index contributed by atoms with van der Waals surface area (Å²) in [6, 6.07) is 23.6. The van der Waals surface area contributed by atoms with Crippen LogP contribution >= 0.6 is 0 Å². The molecular weight excluding hydrogens is 442 g/mol. The Morgan fingerprint density at radius 3 is 2.17 bits per heavy atom. The van der Waals surface area contributed by atoms with Gasteiger partial charge in [-0.25, -0.2) is 4.98 Å². The van der Waals surface area contributed by atoms with Gasteiger partial charge in [-0.1, -0.05) is 60.7 Å². The number of benzene rings is 2. The normalized spacial score (nSPS) is 15.2. The Morgan fingerprint density at radius 1 is 0.943 bits per heavy atom. The highest BCUT2D eigenvalue weighted by atomic mass is 16.5. The molecule has 184 valence electrons. The second kappa shape index (κ2) is 12.4. The average molecular weight is 476 g/mol. The summed E-state index contributed by atoms with van der Waals surface area (Å²) in [4.78, 5) is 21.9. The number of piperazine rings is 1. The van der Waals surface area contributed by atoms with Gasteiger partial charge in [0.05, 0.1) is 32.3 Å². The van der Waals surface area contributed by atoms with E-state index in [0.717, 1.165) is 29.8 Å². The molecule has 2 aromatic carbocycles. The van der Waals surface area contributed by atoms with Crippen LogP contribution in [0.1, 0.15) is 22.6 Å². The SMILES string of the molecule is COc1ncccc1COCC(O)CN1CCN(C(=O)C(c2ccccc2)c2ccccc2)CC1. The van der Waals surface area contributed by atoms with Gasteiger partial charge in [0.25, 0.3) is 0 Å². The van der Waals surface area contributed by atoms with E-state index in [2.05, 4.69) is 9.88 Å². The van der Waals surface area contributed by atoms with Gasteiger partial charge in [0.15, 0.2) is 0 Å². The molecule has 1 atom stereocenters. The van der Waals surface area contributed by atoms with Crippen molar-refractivity contribution in [2.45, 2.75) is 18.6 Å². The molecule has 1 aromatic heterocycles. The van der Waals surface area contributed by atoms with Gasteiger partial charge in [-0.2, -0.15) is 0 Å². The second-order valence-corrected chi connectivity index (χ2v) is 8.72. The number of amides is 1. The third-order valence-corrected chi connectivity index (χ3v) is 6.28. The average Bonchev–Trinajstić information content (AvgIpc) is 2.91. The molecule has 1 amide bonds. The van der Waals surface area contributed by atoms with Gasteiger partial charge in [0.1, 0.15) is 0 Å². The number of aromatic nitrogens is 1. The molecule has 0 radical (unpaired) electrons. The van der Waals surface area contributed by atoms with E-state index in [-0.39, 0.29) is 18.4 Å². The second-order valence-electron chi connectivity index (χ2n) is 8.72. The Labute approximate surface area is 206 Å². The van der Waals surface area contributed by atoms with Crippen LogP contribution in [0.4, 0.5) is 0 Å². The van der Waals surface area contributed by atoms with Crippen molar-refractivity contribution in [2.24, 2.45) is 0 Å². The third-order valence-electron chi connectivity index (χ3n) is 6.28. The molecule has 1 fully saturated rings. The first-order valence-electron chi connectivity index (χ1n) is 12.0. The van der Waals surface area contributed by atoms with Crippen LogP contribution in [0.5, 0.6) is 5.88 Å². The predicted octanol–water partition coefficient (Wildman–Crippen LogP) is 2.94. The lowest BCUT2D eigenvalue weighted by atomic mass is 9.90. The minimum Gasteiger partial charge on any atom is -0.481 e. The first-order valence-corrected chi connectivity index (χ1v) is 12.0. The molecule has 4 rings (SSSR count). The molecule has 1 unspecified atom stereocenters. The smallest absolute Gasteiger partial charge is 0.234 e. The van der Waals surface area contributed by atoms with E-state index in [1.165, 1.54) is 0 Å². The molecule has 1 N–H and O–H groups in total. The Balaban J connectivity index is 1.28. The van der Waals surface area contributed by atoms with E-state index in [1.54, 1.807) is 13.3 Å². The summed E-state index contributed by atoms with van der Waals surface area (Å²) >= 11 is 0. The van der Waals surface area contributed by atoms with Gasteiger partial charge < -0.3 is 19.5 Å². The molecule has 1 aliphatic heterocycles. The van der Waals surface area contributed by atoms with Crippen LogP contribution in [-0.4, -0.2) is 78.3 Å². The summed E-state index contributed by atoms with van der Waals surface area (Å²) in [7, 11) is 1.58. The quantitative estimate of drug-likeness (QED) is 0.486. The Bertz CT molecular complexity index is 1020. The summed E-state index contributed by atoms with van der Waals surface area (Å²) in [6.07, 6.45) is 1.06. The van der Waals surface area contributed by atoms with E-state index in [9.17, 15) is 9.90 Å². The monoisotopic (exact) mass is 475 g/mol. The standard InChI is InChI=1S/C28H33N3O4/c1-34-27-24(13-8-14-29-27)20-35-21-25(32)19-30-15-17-31(18-16-30)28(33)26(22-9-4-2-5-10-22)23-11-6-3-7-12-23/h2-14,25-26,32H,15-21H2,1H3. The van der Waals surface area contributed by atoms with Crippen molar-refractivity contribution >= 4 is 5.91 Å². The lowest BCUT2D eigenvalue weighted by Crippen LogP contribution is -2.51. The van der Waals surface area contributed by atoms with E-state index in [1.807, 2.05) is 77.7 Å². The van der Waals surface area contributed by atoms with E-state index in [4.69, 9.17) is 9.47 Å². The van der Waals surface area contributed by atoms with E-state index >= 15 is 0 Å². The molecule has 1 saturated heterocycles. The lowest BCUT2D eigenvalue weighted by Gasteiger charge is -2.37. The largest absolute Gasteiger partial charge is 0.481 e. The summed E-state index contributed by atoms with van der Waals surface area (Å²) in [5.74, 6) is 0.343. The van der Waals surface area contributed by atoms with Crippen LogP contribution in [0, 0.1) is 0 Å². The van der Waals surface area contributed by atoms with Gasteiger partial charge in [0, 0.05) is 44.5 Å². The lowest BCUT2D eigenvalue weighted by molar-refractivity contribution is -0.133. The maximum Gasteiger partial charge on any atom is 0.234 e. The van der Waals surface area contributed by atoms with Crippen LogP contribution in [0.2, 0.25) is 0 Å². The van der Waals surface area contributed by atoms with Crippen molar-refractivity contribution in [1.29, 1.82) is 0 Å². The first kappa shape index (κ1) is 24.9. The van der Waals surface area contributed by atoms with Crippen LogP contribution in [0.25, 0.3) is 0 Å². The zero-order valence-electron chi connectivity index (χ0n) is 20.1. The van der Waals surface area contributed by atoms with Gasteiger partial charge in [-0.05, 0) is 23.3 Å². The minimum atomic E-state index is -0.610. The fourth-order valence-electron chi connectivity index (χ4n) is 4.48.